The van der Waals surface area contributed by atoms with E-state index in [1.807, 2.05) is 18.3 Å². The van der Waals surface area contributed by atoms with E-state index in [-0.39, 0.29) is 23.1 Å². The van der Waals surface area contributed by atoms with Gasteiger partial charge in [0, 0.05) is 37.4 Å². The lowest BCUT2D eigenvalue weighted by atomic mass is 10.2. The maximum absolute atomic E-state index is 12.6. The molecule has 0 unspecified atom stereocenters. The molecule has 2 aromatic carbocycles. The summed E-state index contributed by atoms with van der Waals surface area (Å²) in [6.45, 7) is 2.35. The smallest absolute Gasteiger partial charge is 0.243 e. The number of Topliss-reactive ketones (excluding diaryl/α,β-unsaturated/α-hetero) is 1. The number of sulfonamides is 1. The molecular formula is C22H25N3O4S. The molecule has 30 heavy (non-hydrogen) atoms. The number of hydrogen-bond acceptors (Lipinski definition) is 4. The number of amides is 1. The quantitative estimate of drug-likeness (QED) is 0.420. The first-order valence-electron chi connectivity index (χ1n) is 9.67. The van der Waals surface area contributed by atoms with Gasteiger partial charge in [0.15, 0.2) is 5.78 Å². The third kappa shape index (κ3) is 4.95. The molecule has 1 aromatic heterocycles. The standard InChI is InChI=1S/C22H25N3O4S/c1-17(26)18-8-10-20(11-9-18)30(28,29)24(2)16-22(27)23-13-5-14-25-15-12-19-6-3-4-7-21(19)25/h3-4,6-12,15H,5,13-14,16H2,1-2H3,(H,23,27). The molecule has 8 heteroatoms. The SMILES string of the molecule is CC(=O)c1ccc(S(=O)(=O)N(C)CC(=O)NCCCn2ccc3ccccc32)cc1. The van der Waals surface area contributed by atoms with Crippen LogP contribution in [-0.2, 0) is 21.4 Å². The Labute approximate surface area is 176 Å². The number of likely N-dealkylation sites (N-methyl/N-ethyl adjacent to an activating group) is 1. The van der Waals surface area contributed by atoms with Gasteiger partial charge < -0.3 is 9.88 Å². The number of fused-ring (bicyclic) bond motifs is 1. The fraction of sp³-hybridized carbons (Fsp3) is 0.273. The second kappa shape index (κ2) is 9.23. The number of hydrogen-bond donors (Lipinski definition) is 1. The van der Waals surface area contributed by atoms with Crippen molar-refractivity contribution in [2.75, 3.05) is 20.1 Å². The van der Waals surface area contributed by atoms with Gasteiger partial charge in [-0.1, -0.05) is 30.3 Å². The van der Waals surface area contributed by atoms with Crippen molar-refractivity contribution in [3.63, 3.8) is 0 Å². The number of para-hydroxylation sites is 1. The number of aryl methyl sites for hydroxylation is 1. The Hall–Kier alpha value is -2.97. The number of aromatic nitrogens is 1. The normalized spacial score (nSPS) is 11.7. The Balaban J connectivity index is 1.49. The fourth-order valence-electron chi connectivity index (χ4n) is 3.20. The summed E-state index contributed by atoms with van der Waals surface area (Å²) in [6, 6.07) is 15.8. The lowest BCUT2D eigenvalue weighted by Gasteiger charge is -2.17. The highest BCUT2D eigenvalue weighted by molar-refractivity contribution is 7.89. The predicted octanol–water partition coefficient (Wildman–Crippen LogP) is 2.67. The van der Waals surface area contributed by atoms with Crippen molar-refractivity contribution >= 4 is 32.6 Å². The predicted molar refractivity (Wildman–Crippen MR) is 116 cm³/mol. The van der Waals surface area contributed by atoms with E-state index in [9.17, 15) is 18.0 Å². The van der Waals surface area contributed by atoms with Gasteiger partial charge in [-0.3, -0.25) is 9.59 Å². The lowest BCUT2D eigenvalue weighted by molar-refractivity contribution is -0.121. The molecular weight excluding hydrogens is 402 g/mol. The second-order valence-electron chi connectivity index (χ2n) is 7.11. The van der Waals surface area contributed by atoms with E-state index in [0.29, 0.717) is 12.1 Å². The summed E-state index contributed by atoms with van der Waals surface area (Å²) in [5.41, 5.74) is 1.58. The summed E-state index contributed by atoms with van der Waals surface area (Å²) in [5, 5.41) is 3.94. The van der Waals surface area contributed by atoms with Gasteiger partial charge >= 0.3 is 0 Å². The molecule has 0 bridgehead atoms. The van der Waals surface area contributed by atoms with Crippen LogP contribution in [0.15, 0.2) is 65.7 Å². The van der Waals surface area contributed by atoms with Crippen molar-refractivity contribution in [3.05, 3.63) is 66.4 Å². The zero-order valence-electron chi connectivity index (χ0n) is 17.0. The monoisotopic (exact) mass is 427 g/mol. The third-order valence-electron chi connectivity index (χ3n) is 4.91. The molecule has 0 atom stereocenters. The van der Waals surface area contributed by atoms with Crippen molar-refractivity contribution in [2.24, 2.45) is 0 Å². The largest absolute Gasteiger partial charge is 0.355 e. The van der Waals surface area contributed by atoms with Gasteiger partial charge in [0.05, 0.1) is 11.4 Å². The molecule has 0 aliphatic rings. The van der Waals surface area contributed by atoms with E-state index in [1.165, 1.54) is 43.6 Å². The first kappa shape index (κ1) is 21.7. The Morgan fingerprint density at radius 3 is 2.43 bits per heavy atom. The molecule has 0 radical (unpaired) electrons. The highest BCUT2D eigenvalue weighted by Crippen LogP contribution is 2.16. The van der Waals surface area contributed by atoms with Gasteiger partial charge in [-0.25, -0.2) is 8.42 Å². The van der Waals surface area contributed by atoms with Gasteiger partial charge in [0.1, 0.15) is 0 Å². The van der Waals surface area contributed by atoms with Crippen LogP contribution < -0.4 is 5.32 Å². The van der Waals surface area contributed by atoms with Gasteiger partial charge in [0.2, 0.25) is 15.9 Å². The van der Waals surface area contributed by atoms with Crippen LogP contribution in [0.2, 0.25) is 0 Å². The number of rotatable bonds is 9. The minimum Gasteiger partial charge on any atom is -0.355 e. The molecule has 0 fully saturated rings. The van der Waals surface area contributed by atoms with Gasteiger partial charge in [-0.15, -0.1) is 0 Å². The number of nitrogens with zero attached hydrogens (tertiary/aromatic N) is 2. The topological polar surface area (TPSA) is 88.5 Å². The molecule has 0 aliphatic carbocycles. The molecule has 3 aromatic rings. The van der Waals surface area contributed by atoms with Gasteiger partial charge in [-0.2, -0.15) is 4.31 Å². The summed E-state index contributed by atoms with van der Waals surface area (Å²) in [6.07, 6.45) is 2.75. The van der Waals surface area contributed by atoms with Crippen LogP contribution in [0.5, 0.6) is 0 Å². The molecule has 0 spiro atoms. The Morgan fingerprint density at radius 2 is 1.73 bits per heavy atom. The van der Waals surface area contributed by atoms with Crippen LogP contribution >= 0.6 is 0 Å². The number of carbonyl (C=O) groups excluding carboxylic acids is 2. The van der Waals surface area contributed by atoms with Crippen LogP contribution in [-0.4, -0.2) is 49.1 Å². The summed E-state index contributed by atoms with van der Waals surface area (Å²) < 4.78 is 28.4. The molecule has 1 heterocycles. The number of ketones is 1. The molecule has 7 nitrogen and oxygen atoms in total. The summed E-state index contributed by atoms with van der Waals surface area (Å²) >= 11 is 0. The zero-order valence-corrected chi connectivity index (χ0v) is 17.9. The van der Waals surface area contributed by atoms with Crippen LogP contribution in [0.3, 0.4) is 0 Å². The van der Waals surface area contributed by atoms with Crippen LogP contribution in [0.1, 0.15) is 23.7 Å². The van der Waals surface area contributed by atoms with E-state index in [4.69, 9.17) is 0 Å². The Bertz CT molecular complexity index is 1150. The molecule has 158 valence electrons. The molecule has 3 rings (SSSR count). The highest BCUT2D eigenvalue weighted by atomic mass is 32.2. The Morgan fingerprint density at radius 1 is 1.03 bits per heavy atom. The first-order chi connectivity index (χ1) is 14.3. The van der Waals surface area contributed by atoms with Crippen molar-refractivity contribution < 1.29 is 18.0 Å². The first-order valence-corrected chi connectivity index (χ1v) is 11.1. The highest BCUT2D eigenvalue weighted by Gasteiger charge is 2.23. The third-order valence-corrected chi connectivity index (χ3v) is 6.73. The van der Waals surface area contributed by atoms with Crippen molar-refractivity contribution in [2.45, 2.75) is 24.8 Å². The minimum absolute atomic E-state index is 0.0438. The minimum atomic E-state index is -3.81. The molecule has 1 N–H and O–H groups in total. The van der Waals surface area contributed by atoms with E-state index >= 15 is 0 Å². The molecule has 1 amide bonds. The van der Waals surface area contributed by atoms with Crippen molar-refractivity contribution in [1.82, 2.24) is 14.2 Å². The molecule has 0 saturated heterocycles. The zero-order chi connectivity index (χ0) is 21.7. The molecule has 0 saturated carbocycles. The summed E-state index contributed by atoms with van der Waals surface area (Å²) in [7, 11) is -2.45. The van der Waals surface area contributed by atoms with Crippen LogP contribution in [0.25, 0.3) is 10.9 Å². The van der Waals surface area contributed by atoms with E-state index in [1.54, 1.807) is 0 Å². The lowest BCUT2D eigenvalue weighted by Crippen LogP contribution is -2.38. The second-order valence-corrected chi connectivity index (χ2v) is 9.16. The van der Waals surface area contributed by atoms with Crippen LogP contribution in [0, 0.1) is 0 Å². The average Bonchev–Trinajstić information content (AvgIpc) is 3.14. The number of benzene rings is 2. The van der Waals surface area contributed by atoms with Crippen molar-refractivity contribution in [3.8, 4) is 0 Å². The maximum Gasteiger partial charge on any atom is 0.243 e. The fourth-order valence-corrected chi connectivity index (χ4v) is 4.32. The van der Waals surface area contributed by atoms with Gasteiger partial charge in [0.25, 0.3) is 0 Å². The van der Waals surface area contributed by atoms with E-state index in [0.717, 1.165) is 22.8 Å². The molecule has 0 aliphatic heterocycles. The average molecular weight is 428 g/mol. The van der Waals surface area contributed by atoms with Gasteiger partial charge in [-0.05, 0) is 43.0 Å². The van der Waals surface area contributed by atoms with E-state index < -0.39 is 10.0 Å². The summed E-state index contributed by atoms with van der Waals surface area (Å²) in [5.74, 6) is -0.501. The number of carbonyl (C=O) groups is 2. The Kier molecular flexibility index (Phi) is 6.69. The van der Waals surface area contributed by atoms with E-state index in [2.05, 4.69) is 28.1 Å². The van der Waals surface area contributed by atoms with Crippen molar-refractivity contribution in [1.29, 1.82) is 0 Å². The van der Waals surface area contributed by atoms with Crippen LogP contribution in [0.4, 0.5) is 0 Å². The number of nitrogens with one attached hydrogen (secondary N) is 1. The summed E-state index contributed by atoms with van der Waals surface area (Å²) in [4.78, 5) is 23.6. The maximum atomic E-state index is 12.6.